The predicted molar refractivity (Wildman–Crippen MR) is 52.9 cm³/mol. The van der Waals surface area contributed by atoms with Crippen LogP contribution in [0.25, 0.3) is 0 Å². The number of pyridine rings is 1. The van der Waals surface area contributed by atoms with E-state index in [2.05, 4.69) is 10.3 Å². The first-order valence-electron chi connectivity index (χ1n) is 3.98. The molecule has 1 N–H and O–H groups in total. The van der Waals surface area contributed by atoms with Gasteiger partial charge in [-0.2, -0.15) is 0 Å². The number of carbonyl (C=O) groups excluding carboxylic acids is 1. The molecule has 0 aliphatic carbocycles. The van der Waals surface area contributed by atoms with Gasteiger partial charge in [-0.15, -0.1) is 11.6 Å². The Bertz CT molecular complexity index is 312. The van der Waals surface area contributed by atoms with Crippen molar-refractivity contribution in [3.8, 4) is 0 Å². The number of aryl methyl sites for hydroxylation is 1. The molecule has 0 radical (unpaired) electrons. The number of amides is 1. The van der Waals surface area contributed by atoms with Crippen molar-refractivity contribution in [1.82, 2.24) is 4.98 Å². The summed E-state index contributed by atoms with van der Waals surface area (Å²) < 4.78 is 0. The fraction of sp³-hybridized carbons (Fsp3) is 0.333. The van der Waals surface area contributed by atoms with Crippen molar-refractivity contribution in [1.29, 1.82) is 0 Å². The summed E-state index contributed by atoms with van der Waals surface area (Å²) in [5.74, 6) is 0.303. The van der Waals surface area contributed by atoms with Crippen molar-refractivity contribution >= 4 is 23.3 Å². The molecule has 1 heterocycles. The van der Waals surface area contributed by atoms with E-state index in [9.17, 15) is 4.79 Å². The molecule has 1 rings (SSSR count). The number of halogens is 1. The second-order valence-electron chi connectivity index (χ2n) is 2.77. The van der Waals surface area contributed by atoms with E-state index in [0.717, 1.165) is 5.69 Å². The zero-order valence-electron chi connectivity index (χ0n) is 7.54. The number of nitrogens with zero attached hydrogens (tertiary/aromatic N) is 1. The van der Waals surface area contributed by atoms with Gasteiger partial charge in [-0.3, -0.25) is 4.79 Å². The molecular weight excluding hydrogens is 188 g/mol. The first kappa shape index (κ1) is 9.99. The van der Waals surface area contributed by atoms with Gasteiger partial charge in [0.1, 0.15) is 11.2 Å². The maximum absolute atomic E-state index is 11.1. The Morgan fingerprint density at radius 3 is 2.85 bits per heavy atom. The number of anilines is 1. The second-order valence-corrected chi connectivity index (χ2v) is 3.42. The highest BCUT2D eigenvalue weighted by molar-refractivity contribution is 6.32. The van der Waals surface area contributed by atoms with E-state index in [4.69, 9.17) is 11.6 Å². The standard InChI is InChI=1S/C9H11ClN2O/c1-6-4-3-5-8(11-6)12-9(13)7(2)10/h3-5,7H,1-2H3,(H,11,12,13). The number of rotatable bonds is 2. The fourth-order valence-electron chi connectivity index (χ4n) is 0.838. The number of carbonyl (C=O) groups is 1. The molecule has 4 heteroatoms. The molecule has 0 fully saturated rings. The molecule has 0 aromatic carbocycles. The van der Waals surface area contributed by atoms with Crippen LogP contribution in [0.2, 0.25) is 0 Å². The highest BCUT2D eigenvalue weighted by Crippen LogP contribution is 2.05. The Balaban J connectivity index is 2.69. The zero-order valence-corrected chi connectivity index (χ0v) is 8.30. The predicted octanol–water partition coefficient (Wildman–Crippen LogP) is 1.96. The van der Waals surface area contributed by atoms with Crippen LogP contribution >= 0.6 is 11.6 Å². The van der Waals surface area contributed by atoms with Gasteiger partial charge >= 0.3 is 0 Å². The zero-order chi connectivity index (χ0) is 9.84. The molecule has 70 valence electrons. The van der Waals surface area contributed by atoms with E-state index in [1.807, 2.05) is 19.1 Å². The lowest BCUT2D eigenvalue weighted by Gasteiger charge is -2.05. The molecule has 1 amide bonds. The lowest BCUT2D eigenvalue weighted by Crippen LogP contribution is -2.20. The molecule has 0 aliphatic heterocycles. The number of aromatic nitrogens is 1. The van der Waals surface area contributed by atoms with Crippen molar-refractivity contribution in [2.75, 3.05) is 5.32 Å². The second kappa shape index (κ2) is 4.23. The van der Waals surface area contributed by atoms with Crippen molar-refractivity contribution in [2.24, 2.45) is 0 Å². The SMILES string of the molecule is Cc1cccc(NC(=O)C(C)Cl)n1. The van der Waals surface area contributed by atoms with Gasteiger partial charge in [0.15, 0.2) is 0 Å². The molecule has 0 spiro atoms. The Morgan fingerprint density at radius 1 is 1.62 bits per heavy atom. The molecule has 13 heavy (non-hydrogen) atoms. The van der Waals surface area contributed by atoms with Crippen LogP contribution in [0.4, 0.5) is 5.82 Å². The van der Waals surface area contributed by atoms with Gasteiger partial charge in [0, 0.05) is 5.69 Å². The van der Waals surface area contributed by atoms with Crippen LogP contribution in [0.15, 0.2) is 18.2 Å². The van der Waals surface area contributed by atoms with Crippen LogP contribution in [0, 0.1) is 6.92 Å². The van der Waals surface area contributed by atoms with Crippen molar-refractivity contribution in [3.05, 3.63) is 23.9 Å². The molecule has 0 aliphatic rings. The number of alkyl halides is 1. The monoisotopic (exact) mass is 198 g/mol. The molecule has 1 unspecified atom stereocenters. The molecule has 1 aromatic heterocycles. The molecular formula is C9H11ClN2O. The third kappa shape index (κ3) is 3.03. The van der Waals surface area contributed by atoms with E-state index >= 15 is 0 Å². The highest BCUT2D eigenvalue weighted by Gasteiger charge is 2.09. The minimum Gasteiger partial charge on any atom is -0.309 e. The number of hydrogen-bond acceptors (Lipinski definition) is 2. The van der Waals surface area contributed by atoms with Crippen LogP contribution in [-0.4, -0.2) is 16.3 Å². The maximum atomic E-state index is 11.1. The Kier molecular flexibility index (Phi) is 3.25. The molecule has 0 saturated heterocycles. The van der Waals surface area contributed by atoms with Gasteiger partial charge in [0.2, 0.25) is 5.91 Å². The summed E-state index contributed by atoms with van der Waals surface area (Å²) in [6.07, 6.45) is 0. The summed E-state index contributed by atoms with van der Waals surface area (Å²) in [6, 6.07) is 5.42. The summed E-state index contributed by atoms with van der Waals surface area (Å²) >= 11 is 5.58. The van der Waals surface area contributed by atoms with Gasteiger partial charge in [-0.1, -0.05) is 6.07 Å². The molecule has 0 saturated carbocycles. The Labute approximate surface area is 82.1 Å². The molecule has 1 aromatic rings. The maximum Gasteiger partial charge on any atom is 0.243 e. The van der Waals surface area contributed by atoms with E-state index in [0.29, 0.717) is 5.82 Å². The first-order chi connectivity index (χ1) is 6.09. The van der Waals surface area contributed by atoms with Gasteiger partial charge in [-0.05, 0) is 26.0 Å². The summed E-state index contributed by atoms with van der Waals surface area (Å²) in [5, 5.41) is 2.06. The number of hydrogen-bond donors (Lipinski definition) is 1. The quantitative estimate of drug-likeness (QED) is 0.739. The van der Waals surface area contributed by atoms with Crippen LogP contribution in [0.1, 0.15) is 12.6 Å². The van der Waals surface area contributed by atoms with Gasteiger partial charge in [-0.25, -0.2) is 4.98 Å². The van der Waals surface area contributed by atoms with Crippen molar-refractivity contribution in [3.63, 3.8) is 0 Å². The summed E-state index contributed by atoms with van der Waals surface area (Å²) in [4.78, 5) is 15.2. The van der Waals surface area contributed by atoms with Crippen molar-refractivity contribution < 1.29 is 4.79 Å². The van der Waals surface area contributed by atoms with Crippen molar-refractivity contribution in [2.45, 2.75) is 19.2 Å². The van der Waals surface area contributed by atoms with Gasteiger partial charge in [0.25, 0.3) is 0 Å². The summed E-state index contributed by atoms with van der Waals surface area (Å²) in [7, 11) is 0. The van der Waals surface area contributed by atoms with Crippen LogP contribution < -0.4 is 5.32 Å². The van der Waals surface area contributed by atoms with E-state index in [1.54, 1.807) is 13.0 Å². The topological polar surface area (TPSA) is 42.0 Å². The van der Waals surface area contributed by atoms with Crippen LogP contribution in [0.3, 0.4) is 0 Å². The Hall–Kier alpha value is -1.09. The Morgan fingerprint density at radius 2 is 2.31 bits per heavy atom. The van der Waals surface area contributed by atoms with Crippen LogP contribution in [-0.2, 0) is 4.79 Å². The third-order valence-corrected chi connectivity index (χ3v) is 1.70. The summed E-state index contributed by atoms with van der Waals surface area (Å²) in [6.45, 7) is 3.48. The largest absolute Gasteiger partial charge is 0.309 e. The van der Waals surface area contributed by atoms with E-state index in [-0.39, 0.29) is 5.91 Å². The minimum absolute atomic E-state index is 0.236. The summed E-state index contributed by atoms with van der Waals surface area (Å²) in [5.41, 5.74) is 0.861. The number of nitrogens with one attached hydrogen (secondary N) is 1. The van der Waals surface area contributed by atoms with Gasteiger partial charge in [0.05, 0.1) is 0 Å². The minimum atomic E-state index is -0.540. The fourth-order valence-corrected chi connectivity index (χ4v) is 0.893. The van der Waals surface area contributed by atoms with E-state index < -0.39 is 5.38 Å². The highest BCUT2D eigenvalue weighted by atomic mass is 35.5. The average Bonchev–Trinajstić information content (AvgIpc) is 2.04. The smallest absolute Gasteiger partial charge is 0.243 e. The molecule has 1 atom stereocenters. The first-order valence-corrected chi connectivity index (χ1v) is 4.42. The normalized spacial score (nSPS) is 12.2. The van der Waals surface area contributed by atoms with Gasteiger partial charge < -0.3 is 5.32 Å². The lowest BCUT2D eigenvalue weighted by molar-refractivity contribution is -0.115. The lowest BCUT2D eigenvalue weighted by atomic mass is 10.3. The molecule has 0 bridgehead atoms. The van der Waals surface area contributed by atoms with E-state index in [1.165, 1.54) is 0 Å². The third-order valence-electron chi connectivity index (χ3n) is 1.50. The average molecular weight is 199 g/mol. The van der Waals surface area contributed by atoms with Crippen LogP contribution in [0.5, 0.6) is 0 Å². The molecule has 3 nitrogen and oxygen atoms in total.